The van der Waals surface area contributed by atoms with Gasteiger partial charge in [0.05, 0.1) is 6.04 Å². The molecule has 1 atom stereocenters. The van der Waals surface area contributed by atoms with E-state index in [9.17, 15) is 9.59 Å². The molecule has 30 heavy (non-hydrogen) atoms. The fourth-order valence-corrected chi connectivity index (χ4v) is 4.73. The molecule has 1 aromatic carbocycles. The van der Waals surface area contributed by atoms with Crippen LogP contribution in [0, 0.1) is 0 Å². The second-order valence-electron chi connectivity index (χ2n) is 8.03. The Morgan fingerprint density at radius 2 is 2.07 bits per heavy atom. The summed E-state index contributed by atoms with van der Waals surface area (Å²) < 4.78 is 11.3. The van der Waals surface area contributed by atoms with Crippen LogP contribution >= 0.6 is 0 Å². The highest BCUT2D eigenvalue weighted by Crippen LogP contribution is 2.32. The summed E-state index contributed by atoms with van der Waals surface area (Å²) in [6.07, 6.45) is 9.28. The third kappa shape index (κ3) is 3.47. The number of fused-ring (bicyclic) bond motifs is 3. The van der Waals surface area contributed by atoms with E-state index < -0.39 is 0 Å². The SMILES string of the molecule is O=C(COc1ccc2c3c(c(=O)oc2c1)CCC3)N1CCCC[C@H]1c1cccnc1. The average molecular weight is 404 g/mol. The number of hydrogen-bond acceptors (Lipinski definition) is 5. The van der Waals surface area contributed by atoms with Crippen molar-refractivity contribution in [3.63, 3.8) is 0 Å². The zero-order chi connectivity index (χ0) is 20.5. The van der Waals surface area contributed by atoms with Crippen molar-refractivity contribution in [1.29, 1.82) is 0 Å². The minimum absolute atomic E-state index is 0.0424. The first-order chi connectivity index (χ1) is 14.7. The lowest BCUT2D eigenvalue weighted by atomic mass is 9.96. The van der Waals surface area contributed by atoms with Crippen molar-refractivity contribution in [3.8, 4) is 5.75 Å². The number of benzene rings is 1. The Kier molecular flexibility index (Phi) is 4.99. The van der Waals surface area contributed by atoms with Crippen LogP contribution in [0.4, 0.5) is 0 Å². The molecule has 1 saturated heterocycles. The smallest absolute Gasteiger partial charge is 0.339 e. The van der Waals surface area contributed by atoms with Crippen LogP contribution in [0.5, 0.6) is 5.75 Å². The average Bonchev–Trinajstić information content (AvgIpc) is 3.29. The van der Waals surface area contributed by atoms with Crippen LogP contribution in [0.15, 0.2) is 51.9 Å². The van der Waals surface area contributed by atoms with Gasteiger partial charge in [-0.1, -0.05) is 6.07 Å². The maximum atomic E-state index is 12.9. The zero-order valence-corrected chi connectivity index (χ0v) is 16.8. The van der Waals surface area contributed by atoms with Crippen LogP contribution in [0.3, 0.4) is 0 Å². The molecule has 2 aliphatic rings. The summed E-state index contributed by atoms with van der Waals surface area (Å²) >= 11 is 0. The molecule has 0 radical (unpaired) electrons. The van der Waals surface area contributed by atoms with Gasteiger partial charge >= 0.3 is 5.63 Å². The Labute approximate surface area is 174 Å². The number of hydrogen-bond donors (Lipinski definition) is 0. The molecule has 1 aliphatic carbocycles. The number of rotatable bonds is 4. The number of likely N-dealkylation sites (tertiary alicyclic amines) is 1. The van der Waals surface area contributed by atoms with E-state index in [0.29, 0.717) is 11.3 Å². The van der Waals surface area contributed by atoms with Gasteiger partial charge in [-0.25, -0.2) is 4.79 Å². The maximum absolute atomic E-state index is 12.9. The van der Waals surface area contributed by atoms with Crippen molar-refractivity contribution in [3.05, 3.63) is 69.8 Å². The largest absolute Gasteiger partial charge is 0.484 e. The zero-order valence-electron chi connectivity index (χ0n) is 16.8. The number of pyridine rings is 1. The number of aryl methyl sites for hydroxylation is 1. The van der Waals surface area contributed by atoms with Crippen LogP contribution in [0.2, 0.25) is 0 Å². The number of ether oxygens (including phenoxy) is 1. The number of aromatic nitrogens is 1. The summed E-state index contributed by atoms with van der Waals surface area (Å²) in [5.74, 6) is 0.492. The molecule has 154 valence electrons. The van der Waals surface area contributed by atoms with Crippen molar-refractivity contribution in [2.75, 3.05) is 13.2 Å². The van der Waals surface area contributed by atoms with Gasteiger partial charge in [0, 0.05) is 36.0 Å². The fourth-order valence-electron chi connectivity index (χ4n) is 4.73. The van der Waals surface area contributed by atoms with Gasteiger partial charge in [0.25, 0.3) is 5.91 Å². The number of carbonyl (C=O) groups excluding carboxylic acids is 1. The van der Waals surface area contributed by atoms with E-state index in [1.54, 1.807) is 12.3 Å². The van der Waals surface area contributed by atoms with E-state index in [2.05, 4.69) is 4.98 Å². The first kappa shape index (κ1) is 18.9. The molecule has 0 N–H and O–H groups in total. The summed E-state index contributed by atoms with van der Waals surface area (Å²) in [5.41, 5.74) is 3.23. The molecule has 3 heterocycles. The lowest BCUT2D eigenvalue weighted by Gasteiger charge is -2.35. The third-order valence-electron chi connectivity index (χ3n) is 6.20. The molecular weight excluding hydrogens is 380 g/mol. The summed E-state index contributed by atoms with van der Waals surface area (Å²) in [7, 11) is 0. The van der Waals surface area contributed by atoms with E-state index in [-0.39, 0.29) is 24.2 Å². The molecule has 3 aromatic rings. The van der Waals surface area contributed by atoms with E-state index in [4.69, 9.17) is 9.15 Å². The molecule has 1 fully saturated rings. The van der Waals surface area contributed by atoms with Crippen molar-refractivity contribution < 1.29 is 13.9 Å². The van der Waals surface area contributed by atoms with Crippen molar-refractivity contribution >= 4 is 16.9 Å². The van der Waals surface area contributed by atoms with Crippen LogP contribution in [0.1, 0.15) is 48.4 Å². The first-order valence-electron chi connectivity index (χ1n) is 10.6. The predicted molar refractivity (Wildman–Crippen MR) is 113 cm³/mol. The third-order valence-corrected chi connectivity index (χ3v) is 6.20. The Bertz CT molecular complexity index is 1140. The maximum Gasteiger partial charge on any atom is 0.339 e. The van der Waals surface area contributed by atoms with Gasteiger partial charge in [0.2, 0.25) is 0 Å². The summed E-state index contributed by atoms with van der Waals surface area (Å²) in [6, 6.07) is 9.47. The second kappa shape index (κ2) is 7.94. The van der Waals surface area contributed by atoms with Gasteiger partial charge in [-0.3, -0.25) is 9.78 Å². The van der Waals surface area contributed by atoms with Crippen LogP contribution < -0.4 is 10.4 Å². The van der Waals surface area contributed by atoms with E-state index >= 15 is 0 Å². The van der Waals surface area contributed by atoms with Gasteiger partial charge in [-0.15, -0.1) is 0 Å². The summed E-state index contributed by atoms with van der Waals surface area (Å²) in [5, 5.41) is 0.966. The van der Waals surface area contributed by atoms with E-state index in [1.165, 1.54) is 0 Å². The number of amides is 1. The normalized spacial score (nSPS) is 18.4. The van der Waals surface area contributed by atoms with Crippen molar-refractivity contribution in [2.45, 2.75) is 44.6 Å². The molecule has 0 unspecified atom stereocenters. The van der Waals surface area contributed by atoms with Crippen LogP contribution in [-0.2, 0) is 17.6 Å². The fraction of sp³-hybridized carbons (Fsp3) is 0.375. The Morgan fingerprint density at radius 3 is 2.93 bits per heavy atom. The molecule has 5 rings (SSSR count). The first-order valence-corrected chi connectivity index (χ1v) is 10.6. The standard InChI is InChI=1S/C24H24N2O4/c27-23(26-12-2-1-8-21(26)16-5-4-11-25-14-16)15-29-17-9-10-19-18-6-3-7-20(18)24(28)30-22(19)13-17/h4-5,9-11,13-14,21H,1-3,6-8,12,15H2/t21-/m0/s1. The summed E-state index contributed by atoms with van der Waals surface area (Å²) in [6.45, 7) is 0.679. The number of nitrogens with zero attached hydrogens (tertiary/aromatic N) is 2. The predicted octanol–water partition coefficient (Wildman–Crippen LogP) is 3.81. The highest BCUT2D eigenvalue weighted by molar-refractivity contribution is 5.83. The molecule has 6 nitrogen and oxygen atoms in total. The second-order valence-corrected chi connectivity index (χ2v) is 8.03. The van der Waals surface area contributed by atoms with Gasteiger partial charge in [-0.2, -0.15) is 0 Å². The van der Waals surface area contributed by atoms with Crippen LogP contribution in [0.25, 0.3) is 11.0 Å². The minimum atomic E-state index is -0.254. The summed E-state index contributed by atoms with van der Waals surface area (Å²) in [4.78, 5) is 31.2. The quantitative estimate of drug-likeness (QED) is 0.619. The minimum Gasteiger partial charge on any atom is -0.484 e. The Balaban J connectivity index is 1.33. The van der Waals surface area contributed by atoms with Gasteiger partial charge < -0.3 is 14.1 Å². The Hall–Kier alpha value is -3.15. The van der Waals surface area contributed by atoms with E-state index in [0.717, 1.165) is 67.1 Å². The van der Waals surface area contributed by atoms with Gasteiger partial charge in [0.1, 0.15) is 11.3 Å². The number of carbonyl (C=O) groups is 1. The van der Waals surface area contributed by atoms with E-state index in [1.807, 2.05) is 35.4 Å². The number of piperidine rings is 1. The van der Waals surface area contributed by atoms with Gasteiger partial charge in [-0.05, 0) is 67.9 Å². The topological polar surface area (TPSA) is 72.6 Å². The van der Waals surface area contributed by atoms with Crippen LogP contribution in [-0.4, -0.2) is 28.9 Å². The van der Waals surface area contributed by atoms with Crippen molar-refractivity contribution in [2.24, 2.45) is 0 Å². The molecular formula is C24H24N2O4. The molecule has 0 bridgehead atoms. The molecule has 6 heteroatoms. The molecule has 0 spiro atoms. The highest BCUT2D eigenvalue weighted by atomic mass is 16.5. The molecule has 0 saturated carbocycles. The lowest BCUT2D eigenvalue weighted by molar-refractivity contribution is -0.137. The molecule has 1 aliphatic heterocycles. The Morgan fingerprint density at radius 1 is 1.17 bits per heavy atom. The lowest BCUT2D eigenvalue weighted by Crippen LogP contribution is -2.41. The highest BCUT2D eigenvalue weighted by Gasteiger charge is 2.28. The van der Waals surface area contributed by atoms with Gasteiger partial charge in [0.15, 0.2) is 6.61 Å². The molecule has 1 amide bonds. The molecule has 2 aromatic heterocycles. The monoisotopic (exact) mass is 404 g/mol. The van der Waals surface area contributed by atoms with Crippen molar-refractivity contribution in [1.82, 2.24) is 9.88 Å².